The number of aryl methyl sites for hydroxylation is 2. The van der Waals surface area contributed by atoms with E-state index < -0.39 is 0 Å². The highest BCUT2D eigenvalue weighted by molar-refractivity contribution is 6.43. The van der Waals surface area contributed by atoms with Crippen molar-refractivity contribution >= 4 is 22.8 Å². The molecule has 0 saturated heterocycles. The van der Waals surface area contributed by atoms with E-state index in [-0.39, 0.29) is 0 Å². The van der Waals surface area contributed by atoms with Gasteiger partial charge in [0.1, 0.15) is 0 Å². The molecule has 2 heteroatoms. The Morgan fingerprint density at radius 2 is 0.440 bits per heavy atom. The van der Waals surface area contributed by atoms with Crippen LogP contribution in [-0.4, -0.2) is 11.4 Å². The molecule has 0 unspecified atom stereocenters. The first-order valence-corrected chi connectivity index (χ1v) is 38.3. The lowest BCUT2D eigenvalue weighted by molar-refractivity contribution is 0.517. The van der Waals surface area contributed by atoms with Crippen molar-refractivity contribution in [2.24, 2.45) is 9.98 Å². The summed E-state index contributed by atoms with van der Waals surface area (Å²) in [6, 6.07) is 17.8. The number of aliphatic imine (C=N–C) groups is 2. The van der Waals surface area contributed by atoms with E-state index in [1.165, 1.54) is 344 Å². The van der Waals surface area contributed by atoms with E-state index in [9.17, 15) is 0 Å². The van der Waals surface area contributed by atoms with E-state index in [1.807, 2.05) is 0 Å². The second-order valence-electron chi connectivity index (χ2n) is 26.4. The molecule has 0 aliphatic carbocycles. The van der Waals surface area contributed by atoms with E-state index in [0.717, 1.165) is 75.6 Å². The lowest BCUT2D eigenvalue weighted by atomic mass is 10.0. The van der Waals surface area contributed by atoms with Crippen molar-refractivity contribution in [1.82, 2.24) is 0 Å². The minimum Gasteiger partial charge on any atom is -0.251 e. The third kappa shape index (κ3) is 49.3. The Kier molecular flexibility index (Phi) is 58.3. The van der Waals surface area contributed by atoms with E-state index in [1.54, 1.807) is 0 Å². The van der Waals surface area contributed by atoms with Crippen LogP contribution in [0.5, 0.6) is 0 Å². The summed E-state index contributed by atoms with van der Waals surface area (Å²) in [6.07, 6.45) is 92.5. The number of benzene rings is 2. The second-order valence-corrected chi connectivity index (χ2v) is 26.4. The number of para-hydroxylation sites is 2. The summed E-state index contributed by atoms with van der Waals surface area (Å²) in [4.78, 5) is 11.0. The summed E-state index contributed by atoms with van der Waals surface area (Å²) in [5.41, 5.74) is 7.40. The van der Waals surface area contributed by atoms with Crippen molar-refractivity contribution in [2.75, 3.05) is 0 Å². The lowest BCUT2D eigenvalue weighted by Crippen LogP contribution is -2.14. The number of nitrogens with zero attached hydrogens (tertiary/aromatic N) is 2. The van der Waals surface area contributed by atoms with Crippen LogP contribution in [0.1, 0.15) is 411 Å². The SMILES string of the molecule is CCCCCCCCCCCCCCCCCCCCCCCCCCC=CCCc1ccccc1N=C(CCCC)C(CCCC)=Nc1ccccc1CCC=CCCCCCCCCCCCCCCCCCCCCCCCCCC. The van der Waals surface area contributed by atoms with E-state index in [4.69, 9.17) is 9.98 Å². The smallest absolute Gasteiger partial charge is 0.0665 e. The fourth-order valence-electron chi connectivity index (χ4n) is 12.6. The highest BCUT2D eigenvalue weighted by Crippen LogP contribution is 2.27. The van der Waals surface area contributed by atoms with Gasteiger partial charge < -0.3 is 0 Å². The molecule has 0 atom stereocenters. The fourth-order valence-corrected chi connectivity index (χ4v) is 12.6. The Hall–Kier alpha value is -2.74. The topological polar surface area (TPSA) is 24.7 Å². The van der Waals surface area contributed by atoms with Gasteiger partial charge >= 0.3 is 0 Å². The molecule has 0 heterocycles. The summed E-state index contributed by atoms with van der Waals surface area (Å²) >= 11 is 0. The second kappa shape index (κ2) is 63.3. The molecular weight excluding hydrogens is 1010 g/mol. The van der Waals surface area contributed by atoms with E-state index in [2.05, 4.69) is 101 Å². The van der Waals surface area contributed by atoms with Gasteiger partial charge in [0.15, 0.2) is 0 Å². The highest BCUT2D eigenvalue weighted by atomic mass is 14.8. The number of unbranched alkanes of at least 4 members (excludes halogenated alkanes) is 50. The fraction of sp³-hybridized carbons (Fsp3) is 0.780. The maximum absolute atomic E-state index is 5.51. The maximum atomic E-state index is 5.51. The highest BCUT2D eigenvalue weighted by Gasteiger charge is 2.13. The van der Waals surface area contributed by atoms with Crippen molar-refractivity contribution in [2.45, 2.75) is 413 Å². The third-order valence-corrected chi connectivity index (χ3v) is 18.3. The molecule has 0 fully saturated rings. The van der Waals surface area contributed by atoms with Crippen LogP contribution in [0, 0.1) is 0 Å². The molecule has 0 radical (unpaired) electrons. The van der Waals surface area contributed by atoms with Gasteiger partial charge in [-0.3, -0.25) is 9.98 Å². The molecule has 2 aromatic rings. The van der Waals surface area contributed by atoms with Gasteiger partial charge in [-0.25, -0.2) is 0 Å². The average Bonchev–Trinajstić information content (AvgIpc) is 3.71. The predicted molar refractivity (Wildman–Crippen MR) is 383 cm³/mol. The summed E-state index contributed by atoms with van der Waals surface area (Å²) in [5.74, 6) is 0. The van der Waals surface area contributed by atoms with Gasteiger partial charge in [0.2, 0.25) is 0 Å². The van der Waals surface area contributed by atoms with Gasteiger partial charge in [0, 0.05) is 0 Å². The summed E-state index contributed by atoms with van der Waals surface area (Å²) < 4.78 is 0. The van der Waals surface area contributed by atoms with Crippen LogP contribution in [0.3, 0.4) is 0 Å². The monoisotopic (exact) mass is 1160 g/mol. The van der Waals surface area contributed by atoms with Gasteiger partial charge in [-0.15, -0.1) is 0 Å². The van der Waals surface area contributed by atoms with Crippen molar-refractivity contribution in [3.8, 4) is 0 Å². The Balaban J connectivity index is 1.60. The van der Waals surface area contributed by atoms with Gasteiger partial charge in [0.25, 0.3) is 0 Å². The summed E-state index contributed by atoms with van der Waals surface area (Å²) in [6.45, 7) is 9.23. The average molecular weight is 1160 g/mol. The molecule has 2 aromatic carbocycles. The molecule has 2 rings (SSSR count). The number of rotatable bonds is 65. The van der Waals surface area contributed by atoms with Gasteiger partial charge in [-0.1, -0.05) is 397 Å². The molecule has 0 N–H and O–H groups in total. The largest absolute Gasteiger partial charge is 0.251 e. The lowest BCUT2D eigenvalue weighted by Gasteiger charge is -2.14. The summed E-state index contributed by atoms with van der Waals surface area (Å²) in [5, 5.41) is 0. The van der Waals surface area contributed by atoms with E-state index >= 15 is 0 Å². The van der Waals surface area contributed by atoms with E-state index in [0.29, 0.717) is 0 Å². The zero-order valence-corrected chi connectivity index (χ0v) is 57.2. The van der Waals surface area contributed by atoms with Gasteiger partial charge in [-0.2, -0.15) is 0 Å². The first kappa shape index (κ1) is 77.4. The first-order valence-electron chi connectivity index (χ1n) is 38.3. The molecular formula is C82H144N2. The predicted octanol–water partition coefficient (Wildman–Crippen LogP) is 29.4. The Labute approximate surface area is 526 Å². The molecule has 2 nitrogen and oxygen atoms in total. The number of hydrogen-bond acceptors (Lipinski definition) is 2. The first-order chi connectivity index (χ1) is 41.7. The van der Waals surface area contributed by atoms with Crippen molar-refractivity contribution in [3.63, 3.8) is 0 Å². The normalized spacial score (nSPS) is 12.3. The standard InChI is InChI=1S/C82H144N2/c1-5-9-13-15-17-19-21-23-25-27-29-31-33-35-37-39-41-43-45-47-49-51-53-55-57-59-61-63-69-77-71-65-67-75-79(77)83-81(73-11-7-3)82(74-12-8-4)84-80-76-68-66-72-78(80)70-64-62-60-58-56-54-52-50-48-46-44-42-40-38-36-34-32-30-28-26-24-22-20-18-16-14-10-6-2/h59-62,65-68,71-72,75-76H,5-58,63-64,69-70,73-74H2,1-4H3. The number of allylic oxidation sites excluding steroid dienone is 4. The quantitative estimate of drug-likeness (QED) is 0.0358. The minimum absolute atomic E-state index is 0.984. The van der Waals surface area contributed by atoms with Crippen molar-refractivity contribution in [1.29, 1.82) is 0 Å². The molecule has 0 aliphatic rings. The Morgan fingerprint density at radius 3 is 0.679 bits per heavy atom. The third-order valence-electron chi connectivity index (χ3n) is 18.3. The molecule has 482 valence electrons. The van der Waals surface area contributed by atoms with Crippen LogP contribution in [0.2, 0.25) is 0 Å². The van der Waals surface area contributed by atoms with Crippen molar-refractivity contribution < 1.29 is 0 Å². The zero-order valence-electron chi connectivity index (χ0n) is 57.2. The van der Waals surface area contributed by atoms with Crippen LogP contribution in [0.25, 0.3) is 0 Å². The minimum atomic E-state index is 0.984. The summed E-state index contributed by atoms with van der Waals surface area (Å²) in [7, 11) is 0. The molecule has 0 bridgehead atoms. The van der Waals surface area contributed by atoms with Crippen LogP contribution >= 0.6 is 0 Å². The van der Waals surface area contributed by atoms with Crippen LogP contribution in [0.4, 0.5) is 11.4 Å². The van der Waals surface area contributed by atoms with Crippen molar-refractivity contribution in [3.05, 3.63) is 84.0 Å². The van der Waals surface area contributed by atoms with Crippen LogP contribution < -0.4 is 0 Å². The maximum Gasteiger partial charge on any atom is 0.0665 e. The van der Waals surface area contributed by atoms with Gasteiger partial charge in [-0.05, 0) is 100 Å². The molecule has 0 amide bonds. The molecule has 0 spiro atoms. The Bertz CT molecular complexity index is 1650. The van der Waals surface area contributed by atoms with Gasteiger partial charge in [0.05, 0.1) is 22.8 Å². The van der Waals surface area contributed by atoms with Crippen LogP contribution in [0.15, 0.2) is 82.8 Å². The molecule has 0 saturated carbocycles. The molecule has 84 heavy (non-hydrogen) atoms. The molecule has 0 aromatic heterocycles. The van der Waals surface area contributed by atoms with Crippen LogP contribution in [-0.2, 0) is 12.8 Å². The Morgan fingerprint density at radius 1 is 0.238 bits per heavy atom. The number of hydrogen-bond donors (Lipinski definition) is 0. The zero-order chi connectivity index (χ0) is 59.8. The molecule has 0 aliphatic heterocycles.